The number of rotatable bonds is 7. The van der Waals surface area contributed by atoms with Crippen LogP contribution in [0.2, 0.25) is 0 Å². The van der Waals surface area contributed by atoms with Gasteiger partial charge in [-0.25, -0.2) is 9.98 Å². The SMILES string of the molecule is COc1ccc(-c2cc(-c3ccccc3)nc(SC/C([O-])=N/c3c[n+](C)no3)c2C#N)cc1. The van der Waals surface area contributed by atoms with E-state index in [9.17, 15) is 10.4 Å². The largest absolute Gasteiger partial charge is 0.861 e. The number of ether oxygens (including phenoxy) is 1. The Morgan fingerprint density at radius 2 is 1.94 bits per heavy atom. The Morgan fingerprint density at radius 3 is 2.58 bits per heavy atom. The number of thioether (sulfide) groups is 1. The van der Waals surface area contributed by atoms with Crippen LogP contribution >= 0.6 is 11.8 Å². The van der Waals surface area contributed by atoms with Gasteiger partial charge in [-0.1, -0.05) is 58.9 Å². The predicted molar refractivity (Wildman–Crippen MR) is 122 cm³/mol. The molecule has 33 heavy (non-hydrogen) atoms. The van der Waals surface area contributed by atoms with Crippen molar-refractivity contribution in [3.63, 3.8) is 0 Å². The van der Waals surface area contributed by atoms with Crippen molar-refractivity contribution in [1.29, 1.82) is 5.26 Å². The van der Waals surface area contributed by atoms with Gasteiger partial charge < -0.3 is 9.84 Å². The summed E-state index contributed by atoms with van der Waals surface area (Å²) in [5, 5.41) is 26.4. The molecule has 2 heterocycles. The molecule has 164 valence electrons. The highest BCUT2D eigenvalue weighted by Gasteiger charge is 2.16. The Balaban J connectivity index is 1.74. The van der Waals surface area contributed by atoms with Crippen LogP contribution in [-0.4, -0.2) is 29.0 Å². The maximum Gasteiger partial charge on any atom is 0.320 e. The Kier molecular flexibility index (Phi) is 6.66. The minimum absolute atomic E-state index is 0.00755. The first-order valence-electron chi connectivity index (χ1n) is 9.92. The van der Waals surface area contributed by atoms with Gasteiger partial charge in [-0.05, 0) is 29.7 Å². The van der Waals surface area contributed by atoms with E-state index in [0.29, 0.717) is 16.3 Å². The molecular formula is C24H19N5O3S. The molecule has 0 N–H and O–H groups in total. The fraction of sp³-hybridized carbons (Fsp3) is 0.125. The van der Waals surface area contributed by atoms with Crippen LogP contribution in [0.1, 0.15) is 5.56 Å². The molecule has 0 atom stereocenters. The van der Waals surface area contributed by atoms with E-state index >= 15 is 0 Å². The fourth-order valence-corrected chi connectivity index (χ4v) is 3.92. The summed E-state index contributed by atoms with van der Waals surface area (Å²) >= 11 is 1.16. The molecule has 0 amide bonds. The van der Waals surface area contributed by atoms with E-state index in [1.54, 1.807) is 14.2 Å². The molecule has 8 nitrogen and oxygen atoms in total. The van der Waals surface area contributed by atoms with E-state index in [1.165, 1.54) is 10.9 Å². The van der Waals surface area contributed by atoms with Crippen molar-refractivity contribution < 1.29 is 19.0 Å². The lowest BCUT2D eigenvalue weighted by Gasteiger charge is -2.14. The zero-order valence-electron chi connectivity index (χ0n) is 17.9. The number of methoxy groups -OCH3 is 1. The first-order chi connectivity index (χ1) is 16.1. The van der Waals surface area contributed by atoms with Crippen molar-refractivity contribution in [3.8, 4) is 34.2 Å². The Bertz CT molecular complexity index is 1330. The van der Waals surface area contributed by atoms with Gasteiger partial charge in [0.05, 0.1) is 18.4 Å². The Labute approximate surface area is 194 Å². The highest BCUT2D eigenvalue weighted by molar-refractivity contribution is 7.99. The third kappa shape index (κ3) is 5.19. The molecule has 0 aliphatic rings. The average molecular weight is 458 g/mol. The van der Waals surface area contributed by atoms with Crippen molar-refractivity contribution in [3.05, 3.63) is 72.4 Å². The average Bonchev–Trinajstić information content (AvgIpc) is 3.26. The summed E-state index contributed by atoms with van der Waals surface area (Å²) in [6, 6.07) is 21.3. The second-order valence-corrected chi connectivity index (χ2v) is 7.91. The minimum atomic E-state index is -0.418. The standard InChI is InChI=1S/C24H19N5O3S/c1-29-14-23(32-28-29)27-22(30)15-33-24-20(13-25)19(16-8-10-18(31-2)11-9-16)12-21(26-24)17-6-4-3-5-7-17/h3-12,14H,15H2,1-2H3. The third-order valence-electron chi connectivity index (χ3n) is 4.70. The van der Waals surface area contributed by atoms with Gasteiger partial charge in [0.1, 0.15) is 16.8 Å². The number of aryl methyl sites for hydroxylation is 1. The van der Waals surface area contributed by atoms with Crippen LogP contribution in [0.15, 0.2) is 81.4 Å². The van der Waals surface area contributed by atoms with E-state index < -0.39 is 5.90 Å². The molecule has 0 bridgehead atoms. The smallest absolute Gasteiger partial charge is 0.320 e. The van der Waals surface area contributed by atoms with Crippen LogP contribution in [0.5, 0.6) is 5.75 Å². The molecule has 0 aliphatic heterocycles. The van der Waals surface area contributed by atoms with Crippen LogP contribution in [0.25, 0.3) is 22.4 Å². The van der Waals surface area contributed by atoms with E-state index in [1.807, 2.05) is 60.7 Å². The minimum Gasteiger partial charge on any atom is -0.861 e. The zero-order valence-corrected chi connectivity index (χ0v) is 18.7. The van der Waals surface area contributed by atoms with Crippen molar-refractivity contribution in [2.75, 3.05) is 12.9 Å². The monoisotopic (exact) mass is 457 g/mol. The predicted octanol–water partition coefficient (Wildman–Crippen LogP) is 3.29. The Hall–Kier alpha value is -4.16. The van der Waals surface area contributed by atoms with Gasteiger partial charge in [-0.3, -0.25) is 4.52 Å². The van der Waals surface area contributed by atoms with Crippen molar-refractivity contribution in [1.82, 2.24) is 10.3 Å². The molecule has 0 aliphatic carbocycles. The molecule has 0 spiro atoms. The molecule has 2 aromatic heterocycles. The van der Waals surface area contributed by atoms with Gasteiger partial charge in [0.25, 0.3) is 6.20 Å². The van der Waals surface area contributed by atoms with E-state index in [4.69, 9.17) is 14.2 Å². The van der Waals surface area contributed by atoms with Crippen LogP contribution < -0.4 is 14.5 Å². The highest BCUT2D eigenvalue weighted by Crippen LogP contribution is 2.34. The number of aliphatic imine (C=N–C) groups is 1. The van der Waals surface area contributed by atoms with Crippen molar-refractivity contribution in [2.45, 2.75) is 5.03 Å². The van der Waals surface area contributed by atoms with E-state index in [2.05, 4.69) is 16.3 Å². The van der Waals surface area contributed by atoms with Gasteiger partial charge in [-0.15, -0.1) is 0 Å². The highest BCUT2D eigenvalue weighted by atomic mass is 32.2. The molecular weight excluding hydrogens is 438 g/mol. The normalized spacial score (nSPS) is 11.2. The number of hydrogen-bond acceptors (Lipinski definition) is 8. The summed E-state index contributed by atoms with van der Waals surface area (Å²) in [6.45, 7) is 0. The molecule has 0 fully saturated rings. The first-order valence-corrected chi connectivity index (χ1v) is 10.9. The topological polar surface area (TPSA) is 111 Å². The second-order valence-electron chi connectivity index (χ2n) is 6.95. The summed E-state index contributed by atoms with van der Waals surface area (Å²) in [7, 11) is 3.27. The first kappa shape index (κ1) is 22.0. The van der Waals surface area contributed by atoms with Crippen LogP contribution in [0.3, 0.4) is 0 Å². The zero-order chi connectivity index (χ0) is 23.2. The maximum absolute atomic E-state index is 12.4. The summed E-state index contributed by atoms with van der Waals surface area (Å²) in [6.07, 6.45) is 1.50. The summed E-state index contributed by atoms with van der Waals surface area (Å²) in [5.74, 6) is 0.413. The third-order valence-corrected chi connectivity index (χ3v) is 5.66. The lowest BCUT2D eigenvalue weighted by Crippen LogP contribution is -2.27. The van der Waals surface area contributed by atoms with Crippen LogP contribution in [0.4, 0.5) is 5.88 Å². The van der Waals surface area contributed by atoms with Crippen LogP contribution in [-0.2, 0) is 7.05 Å². The van der Waals surface area contributed by atoms with Crippen molar-refractivity contribution in [2.24, 2.45) is 12.0 Å². The molecule has 2 aromatic carbocycles. The summed E-state index contributed by atoms with van der Waals surface area (Å²) < 4.78 is 11.6. The number of nitriles is 1. The molecule has 4 rings (SSSR count). The lowest BCUT2D eigenvalue weighted by atomic mass is 9.99. The molecule has 4 aromatic rings. The molecule has 0 saturated carbocycles. The fourth-order valence-electron chi connectivity index (χ4n) is 3.14. The molecule has 9 heteroatoms. The Morgan fingerprint density at radius 1 is 1.18 bits per heavy atom. The van der Waals surface area contributed by atoms with E-state index in [-0.39, 0.29) is 11.6 Å². The number of aromatic nitrogens is 3. The summed E-state index contributed by atoms with van der Waals surface area (Å²) in [4.78, 5) is 8.60. The quantitative estimate of drug-likeness (QED) is 0.181. The maximum atomic E-state index is 12.4. The van der Waals surface area contributed by atoms with E-state index in [0.717, 1.165) is 34.2 Å². The molecule has 0 saturated heterocycles. The summed E-state index contributed by atoms with van der Waals surface area (Å²) in [5.41, 5.74) is 3.57. The number of pyridine rings is 1. The second kappa shape index (κ2) is 9.97. The van der Waals surface area contributed by atoms with Gasteiger partial charge in [0.2, 0.25) is 0 Å². The van der Waals surface area contributed by atoms with Gasteiger partial charge in [0, 0.05) is 16.9 Å². The lowest BCUT2D eigenvalue weighted by molar-refractivity contribution is -0.739. The van der Waals surface area contributed by atoms with Crippen molar-refractivity contribution >= 4 is 23.5 Å². The number of benzene rings is 2. The van der Waals surface area contributed by atoms with Crippen LogP contribution in [0, 0.1) is 11.3 Å². The molecule has 0 unspecified atom stereocenters. The van der Waals surface area contributed by atoms with Gasteiger partial charge in [0.15, 0.2) is 12.3 Å². The van der Waals surface area contributed by atoms with Gasteiger partial charge >= 0.3 is 5.88 Å². The number of hydrogen-bond donors (Lipinski definition) is 0. The number of nitrogens with zero attached hydrogens (tertiary/aromatic N) is 5. The van der Waals surface area contributed by atoms with Gasteiger partial charge in [-0.2, -0.15) is 5.26 Å². The molecule has 0 radical (unpaired) electrons.